The summed E-state index contributed by atoms with van der Waals surface area (Å²) in [4.78, 5) is 0. The molecule has 0 aromatic rings. The summed E-state index contributed by atoms with van der Waals surface area (Å²) in [5, 5.41) is 11.7. The number of hydrogen-bond acceptors (Lipinski definition) is 9. The second-order valence-electron chi connectivity index (χ2n) is 5.36. The van der Waals surface area contributed by atoms with E-state index < -0.39 is 0 Å². The molecule has 9 nitrogen and oxygen atoms in total. The van der Waals surface area contributed by atoms with E-state index in [2.05, 4.69) is 12.2 Å². The quantitative estimate of drug-likeness (QED) is 0.213. The maximum atomic E-state index is 8.52. The highest BCUT2D eigenvalue weighted by molar-refractivity contribution is 4.40. The van der Waals surface area contributed by atoms with Crippen LogP contribution in [0.3, 0.4) is 0 Å². The summed E-state index contributed by atoms with van der Waals surface area (Å²) >= 11 is 0. The highest BCUT2D eigenvalue weighted by Gasteiger charge is 1.94. The van der Waals surface area contributed by atoms with E-state index in [-0.39, 0.29) is 6.61 Å². The van der Waals surface area contributed by atoms with Crippen LogP contribution >= 0.6 is 0 Å². The van der Waals surface area contributed by atoms with Gasteiger partial charge < -0.3 is 43.6 Å². The van der Waals surface area contributed by atoms with E-state index in [0.717, 1.165) is 13.1 Å². The van der Waals surface area contributed by atoms with Crippen LogP contribution in [0.25, 0.3) is 0 Å². The molecule has 0 fully saturated rings. The number of nitrogens with one attached hydrogen (secondary N) is 1. The van der Waals surface area contributed by atoms with Gasteiger partial charge in [-0.1, -0.05) is 6.92 Å². The zero-order chi connectivity index (χ0) is 19.7. The minimum atomic E-state index is 0.0366. The third kappa shape index (κ3) is 25.6. The van der Waals surface area contributed by atoms with Gasteiger partial charge in [0.15, 0.2) is 0 Å². The van der Waals surface area contributed by atoms with E-state index in [0.29, 0.717) is 92.5 Å². The highest BCUT2D eigenvalue weighted by Crippen LogP contribution is 1.85. The first-order valence-electron chi connectivity index (χ1n) is 9.77. The van der Waals surface area contributed by atoms with Crippen LogP contribution in [0.1, 0.15) is 6.92 Å². The normalized spacial score (nSPS) is 11.3. The lowest BCUT2D eigenvalue weighted by molar-refractivity contribution is -0.0213. The number of rotatable bonds is 24. The number of ether oxygens (including phenoxy) is 7. The van der Waals surface area contributed by atoms with Crippen LogP contribution in [-0.2, 0) is 33.2 Å². The number of hydrogen-bond donors (Lipinski definition) is 2. The van der Waals surface area contributed by atoms with Crippen LogP contribution in [0.5, 0.6) is 0 Å². The van der Waals surface area contributed by atoms with Gasteiger partial charge in [-0.25, -0.2) is 0 Å². The Morgan fingerprint density at radius 2 is 0.778 bits per heavy atom. The van der Waals surface area contributed by atoms with Crippen molar-refractivity contribution in [2.75, 3.05) is 112 Å². The van der Waals surface area contributed by atoms with Gasteiger partial charge in [0.1, 0.15) is 0 Å². The molecule has 0 saturated carbocycles. The van der Waals surface area contributed by atoms with Crippen molar-refractivity contribution >= 4 is 0 Å². The number of aliphatic hydroxyl groups excluding tert-OH is 1. The Hall–Kier alpha value is -0.360. The van der Waals surface area contributed by atoms with Crippen LogP contribution in [0, 0.1) is 0 Å². The van der Waals surface area contributed by atoms with Crippen LogP contribution < -0.4 is 5.32 Å². The Balaban J connectivity index is 2.95. The fraction of sp³-hybridized carbons (Fsp3) is 1.00. The van der Waals surface area contributed by atoms with Gasteiger partial charge in [-0.15, -0.1) is 0 Å². The lowest BCUT2D eigenvalue weighted by Gasteiger charge is -2.08. The van der Waals surface area contributed by atoms with Crippen molar-refractivity contribution in [1.82, 2.24) is 5.32 Å². The Bertz CT molecular complexity index is 238. The maximum Gasteiger partial charge on any atom is 0.0701 e. The number of likely N-dealkylation sites (N-methyl/N-ethyl adjacent to an activating group) is 1. The summed E-state index contributed by atoms with van der Waals surface area (Å²) in [5.41, 5.74) is 0. The van der Waals surface area contributed by atoms with Gasteiger partial charge in [-0.05, 0) is 6.54 Å². The molecule has 164 valence electrons. The van der Waals surface area contributed by atoms with E-state index >= 15 is 0 Å². The molecular formula is C18H39NO8. The lowest BCUT2D eigenvalue weighted by atomic mass is 10.6. The average molecular weight is 398 g/mol. The molecule has 0 rings (SSSR count). The minimum Gasteiger partial charge on any atom is -0.394 e. The predicted molar refractivity (Wildman–Crippen MR) is 101 cm³/mol. The third-order valence-electron chi connectivity index (χ3n) is 3.14. The van der Waals surface area contributed by atoms with Crippen LogP contribution in [0.4, 0.5) is 0 Å². The van der Waals surface area contributed by atoms with Crippen molar-refractivity contribution in [1.29, 1.82) is 0 Å². The summed E-state index contributed by atoms with van der Waals surface area (Å²) in [6.45, 7) is 11.5. The molecule has 9 heteroatoms. The molecule has 0 amide bonds. The molecule has 0 bridgehead atoms. The van der Waals surface area contributed by atoms with Crippen molar-refractivity contribution < 1.29 is 38.3 Å². The molecule has 0 heterocycles. The van der Waals surface area contributed by atoms with Crippen molar-refractivity contribution in [3.8, 4) is 0 Å². The first-order chi connectivity index (χ1) is 13.4. The Morgan fingerprint density at radius 3 is 1.07 bits per heavy atom. The first-order valence-corrected chi connectivity index (χ1v) is 9.77. The van der Waals surface area contributed by atoms with E-state index in [1.54, 1.807) is 0 Å². The summed E-state index contributed by atoms with van der Waals surface area (Å²) in [7, 11) is 0. The van der Waals surface area contributed by atoms with Gasteiger partial charge in [0, 0.05) is 6.54 Å². The van der Waals surface area contributed by atoms with Gasteiger partial charge >= 0.3 is 0 Å². The molecule has 0 aliphatic heterocycles. The zero-order valence-corrected chi connectivity index (χ0v) is 16.8. The Labute approximate surface area is 163 Å². The SMILES string of the molecule is CCNCCOCCOCCOCCOCCOCCOCCOCCO. The minimum absolute atomic E-state index is 0.0366. The fourth-order valence-corrected chi connectivity index (χ4v) is 1.81. The molecule has 0 aromatic heterocycles. The van der Waals surface area contributed by atoms with Crippen LogP contribution in [-0.4, -0.2) is 117 Å². The third-order valence-corrected chi connectivity index (χ3v) is 3.14. The smallest absolute Gasteiger partial charge is 0.0701 e. The van der Waals surface area contributed by atoms with E-state index in [9.17, 15) is 0 Å². The second-order valence-corrected chi connectivity index (χ2v) is 5.36. The summed E-state index contributed by atoms with van der Waals surface area (Å²) in [5.74, 6) is 0. The maximum absolute atomic E-state index is 8.52. The highest BCUT2D eigenvalue weighted by atomic mass is 16.6. The molecule has 0 atom stereocenters. The molecule has 0 unspecified atom stereocenters. The molecule has 0 radical (unpaired) electrons. The molecule has 0 aliphatic rings. The molecule has 0 aliphatic carbocycles. The Morgan fingerprint density at radius 1 is 0.481 bits per heavy atom. The molecule has 2 N–H and O–H groups in total. The van der Waals surface area contributed by atoms with Gasteiger partial charge in [-0.3, -0.25) is 0 Å². The largest absolute Gasteiger partial charge is 0.394 e. The topological polar surface area (TPSA) is 96.9 Å². The molecule has 27 heavy (non-hydrogen) atoms. The van der Waals surface area contributed by atoms with Crippen molar-refractivity contribution in [2.45, 2.75) is 6.92 Å². The first kappa shape index (κ1) is 26.6. The van der Waals surface area contributed by atoms with E-state index in [4.69, 9.17) is 38.3 Å². The second kappa shape index (κ2) is 25.6. The van der Waals surface area contributed by atoms with Gasteiger partial charge in [0.25, 0.3) is 0 Å². The summed E-state index contributed by atoms with van der Waals surface area (Å²) in [6, 6.07) is 0. The summed E-state index contributed by atoms with van der Waals surface area (Å²) < 4.78 is 37.3. The van der Waals surface area contributed by atoms with Gasteiger partial charge in [0.2, 0.25) is 0 Å². The lowest BCUT2D eigenvalue weighted by Crippen LogP contribution is -2.20. The Kier molecular flexibility index (Phi) is 25.3. The van der Waals surface area contributed by atoms with Crippen molar-refractivity contribution in [3.63, 3.8) is 0 Å². The van der Waals surface area contributed by atoms with E-state index in [1.165, 1.54) is 0 Å². The van der Waals surface area contributed by atoms with Gasteiger partial charge in [-0.2, -0.15) is 0 Å². The molecule has 0 spiro atoms. The van der Waals surface area contributed by atoms with Gasteiger partial charge in [0.05, 0.1) is 99.1 Å². The van der Waals surface area contributed by atoms with Crippen molar-refractivity contribution in [3.05, 3.63) is 0 Å². The summed E-state index contributed by atoms with van der Waals surface area (Å²) in [6.07, 6.45) is 0. The molecular weight excluding hydrogens is 358 g/mol. The predicted octanol–water partition coefficient (Wildman–Crippen LogP) is -0.296. The van der Waals surface area contributed by atoms with Crippen LogP contribution in [0.15, 0.2) is 0 Å². The number of aliphatic hydroxyl groups is 1. The molecule has 0 aromatic carbocycles. The fourth-order valence-electron chi connectivity index (χ4n) is 1.81. The zero-order valence-electron chi connectivity index (χ0n) is 16.8. The monoisotopic (exact) mass is 397 g/mol. The molecule has 0 saturated heterocycles. The van der Waals surface area contributed by atoms with Crippen molar-refractivity contribution in [2.24, 2.45) is 0 Å². The van der Waals surface area contributed by atoms with E-state index in [1.807, 2.05) is 0 Å². The average Bonchev–Trinajstić information content (AvgIpc) is 2.68. The standard InChI is InChI=1S/C18H39NO8/c1-2-19-3-5-21-7-9-23-11-13-25-15-17-27-18-16-26-14-12-24-10-8-22-6-4-20/h19-20H,2-18H2,1H3. The van der Waals surface area contributed by atoms with Crippen LogP contribution in [0.2, 0.25) is 0 Å².